The first-order valence-electron chi connectivity index (χ1n) is 11.0. The molecule has 2 amide bonds. The molecule has 1 aromatic heterocycles. The van der Waals surface area contributed by atoms with Crippen LogP contribution in [0.4, 0.5) is 10.5 Å². The Balaban J connectivity index is 1.75. The maximum absolute atomic E-state index is 13.2. The average molecular weight is 464 g/mol. The van der Waals surface area contributed by atoms with Gasteiger partial charge in [0.25, 0.3) is 0 Å². The van der Waals surface area contributed by atoms with E-state index in [9.17, 15) is 9.59 Å². The number of amides is 2. The monoisotopic (exact) mass is 463 g/mol. The second-order valence-electron chi connectivity index (χ2n) is 7.41. The standard InChI is InChI=1S/C26H29N3O5/c1-4-34-25(30)20-9-11-22(12-10-20)28-26(31)29(16-14-21-7-5-6-15-27-21)18-19-8-13-23(32-2)24(17-19)33-3/h5-13,15,17H,4,14,16,18H2,1-3H3,(H,28,31). The van der Waals surface area contributed by atoms with Crippen molar-refractivity contribution in [1.29, 1.82) is 0 Å². The number of esters is 1. The van der Waals surface area contributed by atoms with E-state index in [1.165, 1.54) is 0 Å². The number of benzene rings is 2. The maximum Gasteiger partial charge on any atom is 0.338 e. The molecule has 0 bridgehead atoms. The van der Waals surface area contributed by atoms with Gasteiger partial charge in [0.2, 0.25) is 0 Å². The molecule has 0 aliphatic heterocycles. The smallest absolute Gasteiger partial charge is 0.338 e. The molecule has 0 unspecified atom stereocenters. The molecule has 1 N–H and O–H groups in total. The Bertz CT molecular complexity index is 1090. The molecule has 34 heavy (non-hydrogen) atoms. The first-order chi connectivity index (χ1) is 16.5. The minimum atomic E-state index is -0.397. The zero-order chi connectivity index (χ0) is 24.3. The van der Waals surface area contributed by atoms with Crippen molar-refractivity contribution in [3.8, 4) is 11.5 Å². The Morgan fingerprint density at radius 2 is 1.74 bits per heavy atom. The first-order valence-corrected chi connectivity index (χ1v) is 11.0. The van der Waals surface area contributed by atoms with Crippen LogP contribution in [-0.4, -0.2) is 49.3 Å². The van der Waals surface area contributed by atoms with E-state index in [2.05, 4.69) is 10.3 Å². The Labute approximate surface area is 199 Å². The fraction of sp³-hybridized carbons (Fsp3) is 0.269. The average Bonchev–Trinajstić information content (AvgIpc) is 2.87. The quantitative estimate of drug-likeness (QED) is 0.444. The number of nitrogens with one attached hydrogen (secondary N) is 1. The second kappa shape index (κ2) is 12.2. The van der Waals surface area contributed by atoms with E-state index in [-0.39, 0.29) is 6.03 Å². The van der Waals surface area contributed by atoms with E-state index >= 15 is 0 Å². The van der Waals surface area contributed by atoms with Gasteiger partial charge in [0, 0.05) is 37.1 Å². The summed E-state index contributed by atoms with van der Waals surface area (Å²) in [5.74, 6) is 0.822. The molecule has 0 fully saturated rings. The molecular formula is C26H29N3O5. The summed E-state index contributed by atoms with van der Waals surface area (Å²) in [5, 5.41) is 2.91. The lowest BCUT2D eigenvalue weighted by Gasteiger charge is -2.24. The SMILES string of the molecule is CCOC(=O)c1ccc(NC(=O)N(CCc2ccccn2)Cc2ccc(OC)c(OC)c2)cc1. The van der Waals surface area contributed by atoms with Crippen LogP contribution in [0.1, 0.15) is 28.5 Å². The molecule has 0 radical (unpaired) electrons. The van der Waals surface area contributed by atoms with Crippen molar-refractivity contribution >= 4 is 17.7 Å². The number of ether oxygens (including phenoxy) is 3. The highest BCUT2D eigenvalue weighted by molar-refractivity contribution is 5.92. The molecule has 0 spiro atoms. The third kappa shape index (κ3) is 6.71. The Morgan fingerprint density at radius 3 is 2.38 bits per heavy atom. The van der Waals surface area contributed by atoms with Crippen LogP contribution in [0.3, 0.4) is 0 Å². The number of hydrogen-bond acceptors (Lipinski definition) is 6. The van der Waals surface area contributed by atoms with E-state index in [0.29, 0.717) is 48.9 Å². The van der Waals surface area contributed by atoms with Crippen molar-refractivity contribution in [2.24, 2.45) is 0 Å². The Morgan fingerprint density at radius 1 is 0.971 bits per heavy atom. The van der Waals surface area contributed by atoms with Gasteiger partial charge in [-0.15, -0.1) is 0 Å². The molecule has 0 aliphatic rings. The van der Waals surface area contributed by atoms with Crippen LogP contribution in [0.2, 0.25) is 0 Å². The Kier molecular flexibility index (Phi) is 8.85. The highest BCUT2D eigenvalue weighted by Crippen LogP contribution is 2.28. The normalized spacial score (nSPS) is 10.3. The zero-order valence-corrected chi connectivity index (χ0v) is 19.6. The largest absolute Gasteiger partial charge is 0.493 e. The number of carbonyl (C=O) groups excluding carboxylic acids is 2. The number of hydrogen-bond donors (Lipinski definition) is 1. The summed E-state index contributed by atoms with van der Waals surface area (Å²) >= 11 is 0. The molecule has 0 saturated carbocycles. The molecule has 3 rings (SSSR count). The molecule has 8 nitrogen and oxygen atoms in total. The zero-order valence-electron chi connectivity index (χ0n) is 19.6. The predicted molar refractivity (Wildman–Crippen MR) is 129 cm³/mol. The summed E-state index contributed by atoms with van der Waals surface area (Å²) in [4.78, 5) is 31.1. The molecular weight excluding hydrogens is 434 g/mol. The summed E-state index contributed by atoms with van der Waals surface area (Å²) in [6, 6.07) is 17.6. The van der Waals surface area contributed by atoms with Gasteiger partial charge in [-0.3, -0.25) is 4.98 Å². The molecule has 0 saturated heterocycles. The lowest BCUT2D eigenvalue weighted by atomic mass is 10.1. The van der Waals surface area contributed by atoms with E-state index in [1.807, 2.05) is 36.4 Å². The maximum atomic E-state index is 13.2. The van der Waals surface area contributed by atoms with Crippen LogP contribution >= 0.6 is 0 Å². The summed E-state index contributed by atoms with van der Waals surface area (Å²) < 4.78 is 15.7. The predicted octanol–water partition coefficient (Wildman–Crippen LogP) is 4.55. The number of pyridine rings is 1. The van der Waals surface area contributed by atoms with Gasteiger partial charge in [-0.25, -0.2) is 9.59 Å². The van der Waals surface area contributed by atoms with Crippen LogP contribution in [0.25, 0.3) is 0 Å². The molecule has 8 heteroatoms. The van der Waals surface area contributed by atoms with E-state index in [1.54, 1.807) is 56.5 Å². The van der Waals surface area contributed by atoms with Gasteiger partial charge in [0.1, 0.15) is 0 Å². The lowest BCUT2D eigenvalue weighted by Crippen LogP contribution is -2.36. The summed E-state index contributed by atoms with van der Waals surface area (Å²) in [5.41, 5.74) is 2.79. The summed E-state index contributed by atoms with van der Waals surface area (Å²) in [7, 11) is 3.16. The lowest BCUT2D eigenvalue weighted by molar-refractivity contribution is 0.0526. The van der Waals surface area contributed by atoms with E-state index in [0.717, 1.165) is 11.3 Å². The number of methoxy groups -OCH3 is 2. The molecule has 1 heterocycles. The van der Waals surface area contributed by atoms with Crippen LogP contribution < -0.4 is 14.8 Å². The van der Waals surface area contributed by atoms with Crippen LogP contribution in [0.15, 0.2) is 66.9 Å². The van der Waals surface area contributed by atoms with Gasteiger partial charge < -0.3 is 24.4 Å². The van der Waals surface area contributed by atoms with E-state index in [4.69, 9.17) is 14.2 Å². The number of anilines is 1. The highest BCUT2D eigenvalue weighted by Gasteiger charge is 2.17. The summed E-state index contributed by atoms with van der Waals surface area (Å²) in [6.45, 7) is 2.88. The minimum Gasteiger partial charge on any atom is -0.493 e. The van der Waals surface area contributed by atoms with Gasteiger partial charge in [0.15, 0.2) is 11.5 Å². The van der Waals surface area contributed by atoms with Crippen LogP contribution in [0.5, 0.6) is 11.5 Å². The van der Waals surface area contributed by atoms with Crippen molar-refractivity contribution in [3.63, 3.8) is 0 Å². The number of rotatable bonds is 10. The topological polar surface area (TPSA) is 90.0 Å². The fourth-order valence-electron chi connectivity index (χ4n) is 3.35. The van der Waals surface area contributed by atoms with Gasteiger partial charge in [-0.1, -0.05) is 12.1 Å². The number of aromatic nitrogens is 1. The fourth-order valence-corrected chi connectivity index (χ4v) is 3.35. The first kappa shape index (κ1) is 24.6. The third-order valence-electron chi connectivity index (χ3n) is 5.12. The Hall–Kier alpha value is -4.07. The van der Waals surface area contributed by atoms with Crippen LogP contribution in [0, 0.1) is 0 Å². The van der Waals surface area contributed by atoms with Crippen molar-refractivity contribution in [3.05, 3.63) is 83.7 Å². The van der Waals surface area contributed by atoms with Gasteiger partial charge in [0.05, 0.1) is 26.4 Å². The highest BCUT2D eigenvalue weighted by atomic mass is 16.5. The van der Waals surface area contributed by atoms with Crippen molar-refractivity contribution in [1.82, 2.24) is 9.88 Å². The van der Waals surface area contributed by atoms with Gasteiger partial charge in [-0.05, 0) is 61.0 Å². The second-order valence-corrected chi connectivity index (χ2v) is 7.41. The molecule has 0 aliphatic carbocycles. The van der Waals surface area contributed by atoms with Gasteiger partial charge in [-0.2, -0.15) is 0 Å². The molecule has 3 aromatic rings. The van der Waals surface area contributed by atoms with Crippen molar-refractivity contribution < 1.29 is 23.8 Å². The van der Waals surface area contributed by atoms with Crippen molar-refractivity contribution in [2.45, 2.75) is 19.9 Å². The summed E-state index contributed by atoms with van der Waals surface area (Å²) in [6.07, 6.45) is 2.34. The van der Waals surface area contributed by atoms with E-state index < -0.39 is 5.97 Å². The molecule has 178 valence electrons. The molecule has 2 aromatic carbocycles. The van der Waals surface area contributed by atoms with Gasteiger partial charge >= 0.3 is 12.0 Å². The number of nitrogens with zero attached hydrogens (tertiary/aromatic N) is 2. The third-order valence-corrected chi connectivity index (χ3v) is 5.12. The number of urea groups is 1. The molecule has 0 atom stereocenters. The minimum absolute atomic E-state index is 0.269. The van der Waals surface area contributed by atoms with Crippen LogP contribution in [-0.2, 0) is 17.7 Å². The van der Waals surface area contributed by atoms with Crippen molar-refractivity contribution in [2.75, 3.05) is 32.7 Å². The number of carbonyl (C=O) groups is 2.